The summed E-state index contributed by atoms with van der Waals surface area (Å²) < 4.78 is 0. The van der Waals surface area contributed by atoms with E-state index in [0.29, 0.717) is 5.96 Å². The van der Waals surface area contributed by atoms with Gasteiger partial charge in [-0.15, -0.1) is 11.3 Å². The second-order valence-electron chi connectivity index (χ2n) is 3.18. The van der Waals surface area contributed by atoms with Crippen LogP contribution in [-0.4, -0.2) is 12.5 Å². The lowest BCUT2D eigenvalue weighted by Gasteiger charge is -2.19. The molecule has 3 nitrogen and oxygen atoms in total. The highest BCUT2D eigenvalue weighted by Gasteiger charge is 2.16. The maximum absolute atomic E-state index is 5.62. The number of hydrogen-bond donors (Lipinski definition) is 2. The van der Waals surface area contributed by atoms with Crippen LogP contribution in [0.5, 0.6) is 0 Å². The maximum Gasteiger partial charge on any atom is 0.189 e. The third-order valence-electron chi connectivity index (χ3n) is 2.28. The van der Waals surface area contributed by atoms with Gasteiger partial charge in [-0.1, -0.05) is 0 Å². The van der Waals surface area contributed by atoms with E-state index in [1.54, 1.807) is 11.3 Å². The minimum Gasteiger partial charge on any atom is -0.370 e. The Bertz CT molecular complexity index is 329. The van der Waals surface area contributed by atoms with Gasteiger partial charge in [-0.25, -0.2) is 4.99 Å². The van der Waals surface area contributed by atoms with E-state index < -0.39 is 0 Å². The molecule has 13 heavy (non-hydrogen) atoms. The second kappa shape index (κ2) is 3.38. The Morgan fingerprint density at radius 3 is 3.15 bits per heavy atom. The molecule has 1 unspecified atom stereocenters. The summed E-state index contributed by atoms with van der Waals surface area (Å²) in [5.41, 5.74) is 6.95. The van der Waals surface area contributed by atoms with Gasteiger partial charge in [0.05, 0.1) is 6.04 Å². The Balaban J connectivity index is 2.26. The average molecular weight is 195 g/mol. The van der Waals surface area contributed by atoms with Crippen LogP contribution in [0.4, 0.5) is 0 Å². The normalized spacial score (nSPS) is 22.2. The van der Waals surface area contributed by atoms with Crippen molar-refractivity contribution in [3.63, 3.8) is 0 Å². The molecule has 3 N–H and O–H groups in total. The van der Waals surface area contributed by atoms with Gasteiger partial charge >= 0.3 is 0 Å². The van der Waals surface area contributed by atoms with Crippen LogP contribution in [0.1, 0.15) is 22.9 Å². The molecule has 0 amide bonds. The minimum absolute atomic E-state index is 0.271. The van der Waals surface area contributed by atoms with Crippen molar-refractivity contribution in [3.05, 3.63) is 21.9 Å². The third-order valence-corrected chi connectivity index (χ3v) is 3.14. The summed E-state index contributed by atoms with van der Waals surface area (Å²) in [6.07, 6.45) is 1.04. The highest BCUT2D eigenvalue weighted by atomic mass is 32.1. The molecule has 1 aliphatic rings. The van der Waals surface area contributed by atoms with Crippen molar-refractivity contribution in [2.45, 2.75) is 19.4 Å². The maximum atomic E-state index is 5.62. The third kappa shape index (κ3) is 1.67. The summed E-state index contributed by atoms with van der Waals surface area (Å²) in [5, 5.41) is 5.13. The van der Waals surface area contributed by atoms with E-state index in [-0.39, 0.29) is 6.04 Å². The van der Waals surface area contributed by atoms with E-state index >= 15 is 0 Å². The molecule has 0 aliphatic carbocycles. The smallest absolute Gasteiger partial charge is 0.189 e. The fraction of sp³-hybridized carbons (Fsp3) is 0.444. The topological polar surface area (TPSA) is 50.4 Å². The fourth-order valence-electron chi connectivity index (χ4n) is 1.58. The molecule has 1 aliphatic heterocycles. The quantitative estimate of drug-likeness (QED) is 0.711. The second-order valence-corrected chi connectivity index (χ2v) is 4.30. The highest BCUT2D eigenvalue weighted by molar-refractivity contribution is 7.10. The van der Waals surface area contributed by atoms with Crippen LogP contribution in [0.3, 0.4) is 0 Å². The Labute approximate surface area is 81.7 Å². The number of nitrogens with one attached hydrogen (secondary N) is 1. The largest absolute Gasteiger partial charge is 0.370 e. The number of thiophene rings is 1. The first-order valence-electron chi connectivity index (χ1n) is 4.38. The molecule has 1 aromatic heterocycles. The summed E-state index contributed by atoms with van der Waals surface area (Å²) in [7, 11) is 0. The van der Waals surface area contributed by atoms with E-state index in [0.717, 1.165) is 13.0 Å². The lowest BCUT2D eigenvalue weighted by Crippen LogP contribution is -2.36. The zero-order valence-electron chi connectivity index (χ0n) is 7.58. The minimum atomic E-state index is 0.271. The molecule has 0 saturated carbocycles. The zero-order chi connectivity index (χ0) is 9.26. The number of aliphatic imine (C=N–C) groups is 1. The van der Waals surface area contributed by atoms with Gasteiger partial charge in [0, 0.05) is 11.4 Å². The predicted molar refractivity (Wildman–Crippen MR) is 56.0 cm³/mol. The van der Waals surface area contributed by atoms with E-state index in [2.05, 4.69) is 28.7 Å². The Morgan fingerprint density at radius 1 is 1.69 bits per heavy atom. The molecular weight excluding hydrogens is 182 g/mol. The predicted octanol–water partition coefficient (Wildman–Crippen LogP) is 1.41. The number of aryl methyl sites for hydroxylation is 1. The first-order valence-corrected chi connectivity index (χ1v) is 5.26. The molecule has 0 fully saturated rings. The number of nitrogens with two attached hydrogens (primary N) is 1. The van der Waals surface area contributed by atoms with Crippen LogP contribution in [0.2, 0.25) is 0 Å². The molecule has 70 valence electrons. The summed E-state index contributed by atoms with van der Waals surface area (Å²) in [4.78, 5) is 5.73. The van der Waals surface area contributed by atoms with Crippen LogP contribution in [-0.2, 0) is 0 Å². The molecule has 0 saturated heterocycles. The SMILES string of the molecule is Cc1sccc1C1CCNC(N)=N1. The summed E-state index contributed by atoms with van der Waals surface area (Å²) in [5.74, 6) is 0.571. The molecule has 2 heterocycles. The van der Waals surface area contributed by atoms with Crippen LogP contribution >= 0.6 is 11.3 Å². The number of rotatable bonds is 1. The van der Waals surface area contributed by atoms with Crippen molar-refractivity contribution >= 4 is 17.3 Å². The number of nitrogens with zero attached hydrogens (tertiary/aromatic N) is 1. The molecule has 1 aromatic rings. The van der Waals surface area contributed by atoms with Gasteiger partial charge in [0.2, 0.25) is 0 Å². The molecule has 4 heteroatoms. The first kappa shape index (κ1) is 8.56. The summed E-state index contributed by atoms with van der Waals surface area (Å²) in [6, 6.07) is 2.42. The van der Waals surface area contributed by atoms with Crippen molar-refractivity contribution in [2.24, 2.45) is 10.7 Å². The van der Waals surface area contributed by atoms with Gasteiger partial charge in [-0.2, -0.15) is 0 Å². The molecule has 0 aromatic carbocycles. The van der Waals surface area contributed by atoms with Gasteiger partial charge < -0.3 is 11.1 Å². The molecule has 2 rings (SSSR count). The fourth-order valence-corrected chi connectivity index (χ4v) is 2.34. The van der Waals surface area contributed by atoms with Gasteiger partial charge in [-0.05, 0) is 30.4 Å². The Morgan fingerprint density at radius 2 is 2.54 bits per heavy atom. The van der Waals surface area contributed by atoms with Crippen LogP contribution in [0, 0.1) is 6.92 Å². The van der Waals surface area contributed by atoms with E-state index in [4.69, 9.17) is 5.73 Å². The van der Waals surface area contributed by atoms with Crippen LogP contribution in [0.25, 0.3) is 0 Å². The van der Waals surface area contributed by atoms with Crippen LogP contribution < -0.4 is 11.1 Å². The van der Waals surface area contributed by atoms with E-state index in [1.165, 1.54) is 10.4 Å². The summed E-state index contributed by atoms with van der Waals surface area (Å²) in [6.45, 7) is 3.06. The molecular formula is C9H13N3S. The molecule has 1 atom stereocenters. The van der Waals surface area contributed by atoms with Gasteiger partial charge in [0.1, 0.15) is 0 Å². The molecule has 0 bridgehead atoms. The van der Waals surface area contributed by atoms with Crippen LogP contribution in [0.15, 0.2) is 16.4 Å². The monoisotopic (exact) mass is 195 g/mol. The lowest BCUT2D eigenvalue weighted by molar-refractivity contribution is 0.600. The van der Waals surface area contributed by atoms with Gasteiger partial charge in [0.15, 0.2) is 5.96 Å². The van der Waals surface area contributed by atoms with Gasteiger partial charge in [0.25, 0.3) is 0 Å². The highest BCUT2D eigenvalue weighted by Crippen LogP contribution is 2.28. The zero-order valence-corrected chi connectivity index (χ0v) is 8.40. The van der Waals surface area contributed by atoms with E-state index in [9.17, 15) is 0 Å². The van der Waals surface area contributed by atoms with Crippen molar-refractivity contribution in [3.8, 4) is 0 Å². The molecule has 0 radical (unpaired) electrons. The van der Waals surface area contributed by atoms with Gasteiger partial charge in [-0.3, -0.25) is 0 Å². The summed E-state index contributed by atoms with van der Waals surface area (Å²) >= 11 is 1.77. The van der Waals surface area contributed by atoms with Crippen molar-refractivity contribution < 1.29 is 0 Å². The Kier molecular flexibility index (Phi) is 2.22. The van der Waals surface area contributed by atoms with Crippen molar-refractivity contribution in [2.75, 3.05) is 6.54 Å². The average Bonchev–Trinajstić information content (AvgIpc) is 2.51. The lowest BCUT2D eigenvalue weighted by atomic mass is 10.1. The standard InChI is InChI=1S/C9H13N3S/c1-6-7(3-5-13-6)8-2-4-11-9(10)12-8/h3,5,8H,2,4H2,1H3,(H3,10,11,12). The van der Waals surface area contributed by atoms with E-state index in [1.807, 2.05) is 0 Å². The number of hydrogen-bond acceptors (Lipinski definition) is 4. The molecule has 0 spiro atoms. The first-order chi connectivity index (χ1) is 6.27. The Hall–Kier alpha value is -1.03. The van der Waals surface area contributed by atoms with Crippen molar-refractivity contribution in [1.82, 2.24) is 5.32 Å². The number of guanidine groups is 1. The van der Waals surface area contributed by atoms with Crippen molar-refractivity contribution in [1.29, 1.82) is 0 Å².